The highest BCUT2D eigenvalue weighted by atomic mass is 19.2. The topological polar surface area (TPSA) is 58.1 Å². The molecule has 0 aliphatic carbocycles. The molecule has 1 heterocycles. The number of hydrogen-bond donors (Lipinski definition) is 1. The first-order chi connectivity index (χ1) is 11.5. The molecule has 2 aromatic rings. The zero-order valence-corrected chi connectivity index (χ0v) is 13.7. The van der Waals surface area contributed by atoms with E-state index in [2.05, 4.69) is 29.1 Å². The summed E-state index contributed by atoms with van der Waals surface area (Å²) in [5.74, 6) is -2.01. The van der Waals surface area contributed by atoms with E-state index in [0.29, 0.717) is 5.95 Å². The Morgan fingerprint density at radius 2 is 1.83 bits per heavy atom. The number of aromatic nitrogens is 2. The number of nitrogens with one attached hydrogen (secondary N) is 1. The maximum absolute atomic E-state index is 13.2. The van der Waals surface area contributed by atoms with Crippen molar-refractivity contribution in [1.82, 2.24) is 9.97 Å². The molecule has 1 aromatic heterocycles. The Morgan fingerprint density at radius 1 is 1.12 bits per heavy atom. The van der Waals surface area contributed by atoms with Crippen LogP contribution in [0.2, 0.25) is 0 Å². The summed E-state index contributed by atoms with van der Waals surface area (Å²) in [6.07, 6.45) is 3.39. The molecule has 128 valence electrons. The standard InChI is InChI=1S/C17H20F2N4O/c1-3-9-23(10-4-2)17-20-8-7-15(22-17)16(24)21-12-5-6-13(18)14(19)11-12/h5-8,11H,3-4,9-10H2,1-2H3,(H,21,24). The molecule has 0 bridgehead atoms. The van der Waals surface area contributed by atoms with Crippen molar-refractivity contribution in [2.45, 2.75) is 26.7 Å². The Morgan fingerprint density at radius 3 is 2.46 bits per heavy atom. The molecule has 0 unspecified atom stereocenters. The Kier molecular flexibility index (Phi) is 6.17. The van der Waals surface area contributed by atoms with Gasteiger partial charge in [0.1, 0.15) is 5.69 Å². The molecule has 0 aliphatic rings. The van der Waals surface area contributed by atoms with Crippen LogP contribution in [0.1, 0.15) is 37.2 Å². The van der Waals surface area contributed by atoms with Crippen molar-refractivity contribution in [3.05, 3.63) is 47.8 Å². The number of anilines is 2. The molecule has 1 N–H and O–H groups in total. The average molecular weight is 334 g/mol. The van der Waals surface area contributed by atoms with E-state index >= 15 is 0 Å². The van der Waals surface area contributed by atoms with Crippen LogP contribution in [0.4, 0.5) is 20.4 Å². The summed E-state index contributed by atoms with van der Waals surface area (Å²) in [7, 11) is 0. The fraction of sp³-hybridized carbons (Fsp3) is 0.353. The monoisotopic (exact) mass is 334 g/mol. The normalized spacial score (nSPS) is 10.5. The molecule has 0 aliphatic heterocycles. The number of carbonyl (C=O) groups excluding carboxylic acids is 1. The zero-order chi connectivity index (χ0) is 17.5. The largest absolute Gasteiger partial charge is 0.341 e. The molecule has 0 saturated heterocycles. The lowest BCUT2D eigenvalue weighted by Crippen LogP contribution is -2.27. The van der Waals surface area contributed by atoms with Crippen molar-refractivity contribution in [1.29, 1.82) is 0 Å². The number of nitrogens with zero attached hydrogens (tertiary/aromatic N) is 3. The maximum Gasteiger partial charge on any atom is 0.274 e. The first kappa shape index (κ1) is 17.8. The smallest absolute Gasteiger partial charge is 0.274 e. The summed E-state index contributed by atoms with van der Waals surface area (Å²) in [4.78, 5) is 22.8. The third-order valence-corrected chi connectivity index (χ3v) is 3.32. The lowest BCUT2D eigenvalue weighted by molar-refractivity contribution is 0.102. The molecule has 1 aromatic carbocycles. The summed E-state index contributed by atoms with van der Waals surface area (Å²) in [6.45, 7) is 5.70. The van der Waals surface area contributed by atoms with Crippen molar-refractivity contribution >= 4 is 17.5 Å². The van der Waals surface area contributed by atoms with E-state index in [-0.39, 0.29) is 11.4 Å². The fourth-order valence-electron chi connectivity index (χ4n) is 2.25. The summed E-state index contributed by atoms with van der Waals surface area (Å²) >= 11 is 0. The van der Waals surface area contributed by atoms with E-state index in [1.54, 1.807) is 0 Å². The molecule has 0 spiro atoms. The summed E-state index contributed by atoms with van der Waals surface area (Å²) in [5, 5.41) is 2.50. The van der Waals surface area contributed by atoms with Crippen LogP contribution in [0, 0.1) is 11.6 Å². The second-order valence-corrected chi connectivity index (χ2v) is 5.31. The number of amides is 1. The minimum atomic E-state index is -1.02. The number of rotatable bonds is 7. The molecule has 24 heavy (non-hydrogen) atoms. The number of benzene rings is 1. The van der Waals surface area contributed by atoms with Crippen LogP contribution in [0.15, 0.2) is 30.5 Å². The summed E-state index contributed by atoms with van der Waals surface area (Å²) in [6, 6.07) is 4.66. The zero-order valence-electron chi connectivity index (χ0n) is 13.7. The summed E-state index contributed by atoms with van der Waals surface area (Å²) < 4.78 is 26.1. The van der Waals surface area contributed by atoms with Gasteiger partial charge in [-0.15, -0.1) is 0 Å². The predicted octanol–water partition coefficient (Wildman–Crippen LogP) is 3.63. The predicted molar refractivity (Wildman–Crippen MR) is 89.1 cm³/mol. The van der Waals surface area contributed by atoms with Gasteiger partial charge in [0.05, 0.1) is 0 Å². The van der Waals surface area contributed by atoms with Crippen LogP contribution in [0.3, 0.4) is 0 Å². The molecular formula is C17H20F2N4O. The van der Waals surface area contributed by atoms with Crippen molar-refractivity contribution in [2.24, 2.45) is 0 Å². The molecule has 0 radical (unpaired) electrons. The molecule has 5 nitrogen and oxygen atoms in total. The minimum Gasteiger partial charge on any atom is -0.341 e. The number of carbonyl (C=O) groups is 1. The molecule has 0 fully saturated rings. The minimum absolute atomic E-state index is 0.165. The van der Waals surface area contributed by atoms with Gasteiger partial charge in [0, 0.05) is 31.0 Å². The first-order valence-electron chi connectivity index (χ1n) is 7.89. The van der Waals surface area contributed by atoms with Crippen LogP contribution in [0.5, 0.6) is 0 Å². The van der Waals surface area contributed by atoms with Gasteiger partial charge in [-0.3, -0.25) is 4.79 Å². The SMILES string of the molecule is CCCN(CCC)c1nccc(C(=O)Nc2ccc(F)c(F)c2)n1. The highest BCUT2D eigenvalue weighted by Gasteiger charge is 2.13. The van der Waals surface area contributed by atoms with Gasteiger partial charge in [-0.05, 0) is 31.0 Å². The molecular weight excluding hydrogens is 314 g/mol. The van der Waals surface area contributed by atoms with Crippen molar-refractivity contribution in [2.75, 3.05) is 23.3 Å². The van der Waals surface area contributed by atoms with E-state index in [4.69, 9.17) is 0 Å². The molecule has 7 heteroatoms. The van der Waals surface area contributed by atoms with E-state index in [0.717, 1.165) is 38.1 Å². The second-order valence-electron chi connectivity index (χ2n) is 5.31. The Bertz CT molecular complexity index is 703. The van der Waals surface area contributed by atoms with Crippen molar-refractivity contribution in [3.8, 4) is 0 Å². The van der Waals surface area contributed by atoms with Gasteiger partial charge in [0.2, 0.25) is 5.95 Å². The van der Waals surface area contributed by atoms with Crippen LogP contribution < -0.4 is 10.2 Å². The summed E-state index contributed by atoms with van der Waals surface area (Å²) in [5.41, 5.74) is 0.333. The Labute approximate surface area is 139 Å². The van der Waals surface area contributed by atoms with Crippen LogP contribution in [0.25, 0.3) is 0 Å². The Hall–Kier alpha value is -2.57. The van der Waals surface area contributed by atoms with Gasteiger partial charge in [-0.2, -0.15) is 0 Å². The molecule has 1 amide bonds. The quantitative estimate of drug-likeness (QED) is 0.840. The van der Waals surface area contributed by atoms with E-state index in [9.17, 15) is 13.6 Å². The van der Waals surface area contributed by atoms with Crippen LogP contribution in [-0.4, -0.2) is 29.0 Å². The van der Waals surface area contributed by atoms with Gasteiger partial charge >= 0.3 is 0 Å². The fourth-order valence-corrected chi connectivity index (χ4v) is 2.25. The van der Waals surface area contributed by atoms with E-state index < -0.39 is 17.5 Å². The molecule has 0 saturated carbocycles. The van der Waals surface area contributed by atoms with Crippen LogP contribution >= 0.6 is 0 Å². The van der Waals surface area contributed by atoms with E-state index in [1.807, 2.05) is 4.90 Å². The van der Waals surface area contributed by atoms with Gasteiger partial charge in [-0.25, -0.2) is 18.7 Å². The molecule has 0 atom stereocenters. The highest BCUT2D eigenvalue weighted by Crippen LogP contribution is 2.15. The maximum atomic E-state index is 13.2. The number of halogens is 2. The van der Waals surface area contributed by atoms with E-state index in [1.165, 1.54) is 18.3 Å². The van der Waals surface area contributed by atoms with Gasteiger partial charge in [0.15, 0.2) is 11.6 Å². The van der Waals surface area contributed by atoms with Crippen molar-refractivity contribution in [3.63, 3.8) is 0 Å². The van der Waals surface area contributed by atoms with Crippen molar-refractivity contribution < 1.29 is 13.6 Å². The lowest BCUT2D eigenvalue weighted by atomic mass is 10.3. The lowest BCUT2D eigenvalue weighted by Gasteiger charge is -2.21. The first-order valence-corrected chi connectivity index (χ1v) is 7.89. The third kappa shape index (κ3) is 4.47. The average Bonchev–Trinajstić information content (AvgIpc) is 2.58. The van der Waals surface area contributed by atoms with Gasteiger partial charge in [-0.1, -0.05) is 13.8 Å². The number of hydrogen-bond acceptors (Lipinski definition) is 4. The highest BCUT2D eigenvalue weighted by molar-refractivity contribution is 6.02. The van der Waals surface area contributed by atoms with Gasteiger partial charge < -0.3 is 10.2 Å². The molecule has 2 rings (SSSR count). The Balaban J connectivity index is 2.17. The second kappa shape index (κ2) is 8.33. The van der Waals surface area contributed by atoms with Gasteiger partial charge in [0.25, 0.3) is 5.91 Å². The third-order valence-electron chi connectivity index (χ3n) is 3.32. The van der Waals surface area contributed by atoms with Crippen LogP contribution in [-0.2, 0) is 0 Å².